The molecule has 1 aromatic heterocycles. The largest absolute Gasteiger partial charge is 0.457 e. The van der Waals surface area contributed by atoms with Gasteiger partial charge in [0.25, 0.3) is 5.56 Å². The van der Waals surface area contributed by atoms with Crippen molar-refractivity contribution in [2.75, 3.05) is 0 Å². The standard InChI is InChI=1S/C18H22.C17H20O.3C17H20.C15H20N2O.C12H22.C12H18/c1-18(2,3)14-17(15-10-6-4-7-11-15)16-12-8-5-9-13-16;1-17(2,3)13-14-9-11-16(12-10-14)18-15-7-5-4-6-8-15;1-17(2,3)13-14-8-7-11-16(12-14)15-9-5-4-6-10-15;1-17(2,3)13-15-11-7-8-12-16(15)14-9-5-4-6-10-14;1-17(2,3)13-14-9-11-16(12-10-14)15-7-5-4-6-8-15;1-11-13(15(2,3)4)16(5)17(14(11)18)12-9-7-6-8-10-12;2*1-12(2,3)10-9-11-7-5-4-6-8-11/h4-13,17H,14H2,1-3H3;4-12H,13H2,1-3H3;3*4-12H,13H2,1-3H3;6-10H,1-5H3;7H,4-6,8-10H2,1-3H3;4-8H,9-10H2,1-3H3. The van der Waals surface area contributed by atoms with Crippen LogP contribution in [0.25, 0.3) is 39.1 Å². The first-order valence-corrected chi connectivity index (χ1v) is 47.6. The zero-order valence-electron chi connectivity index (χ0n) is 84.4. The van der Waals surface area contributed by atoms with Gasteiger partial charge in [-0.2, -0.15) is 0 Å². The number of nitrogens with zero attached hydrogens (tertiary/aromatic N) is 2. The topological polar surface area (TPSA) is 36.2 Å². The quantitative estimate of drug-likeness (QED) is 0.0852. The summed E-state index contributed by atoms with van der Waals surface area (Å²) in [5, 5.41) is 0. The van der Waals surface area contributed by atoms with Crippen LogP contribution in [0.15, 0.2) is 356 Å². The minimum absolute atomic E-state index is 0.0436. The lowest BCUT2D eigenvalue weighted by Crippen LogP contribution is -2.22. The number of hydrogen-bond donors (Lipinski definition) is 0. The van der Waals surface area contributed by atoms with Gasteiger partial charge in [-0.25, -0.2) is 4.68 Å². The third kappa shape index (κ3) is 41.7. The first kappa shape index (κ1) is 105. The minimum atomic E-state index is -0.0436. The van der Waals surface area contributed by atoms with E-state index in [-0.39, 0.29) is 11.0 Å². The van der Waals surface area contributed by atoms with Gasteiger partial charge in [0.1, 0.15) is 11.5 Å². The highest BCUT2D eigenvalue weighted by Gasteiger charge is 2.27. The van der Waals surface area contributed by atoms with Crippen LogP contribution in [0.1, 0.15) is 274 Å². The van der Waals surface area contributed by atoms with E-state index in [2.05, 4.69) is 439 Å². The van der Waals surface area contributed by atoms with Crippen molar-refractivity contribution in [3.63, 3.8) is 0 Å². The van der Waals surface area contributed by atoms with E-state index in [1.165, 1.54) is 130 Å². The molecule has 0 saturated heterocycles. The van der Waals surface area contributed by atoms with E-state index < -0.39 is 0 Å². The van der Waals surface area contributed by atoms with Crippen molar-refractivity contribution in [2.24, 2.45) is 45.0 Å². The highest BCUT2D eigenvalue weighted by Crippen LogP contribution is 2.38. The number of para-hydroxylation sites is 2. The van der Waals surface area contributed by atoms with Crippen LogP contribution in [-0.4, -0.2) is 9.36 Å². The average Bonchev–Trinajstić information content (AvgIpc) is 1.61. The smallest absolute Gasteiger partial charge is 0.274 e. The monoisotopic (exact) mass is 1720 g/mol. The first-order chi connectivity index (χ1) is 60.7. The fourth-order valence-corrected chi connectivity index (χ4v) is 16.1. The number of aryl methyl sites for hydroxylation is 1. The van der Waals surface area contributed by atoms with Crippen LogP contribution in [0.4, 0.5) is 0 Å². The molecule has 13 aromatic rings. The SMILES string of the molecule is CC(C)(C)CC(c1ccccc1)c1ccccc1.CC(C)(C)CCC1=CCCCC1.CC(C)(C)CCc1ccccc1.CC(C)(C)Cc1ccc(-c2ccccc2)cc1.CC(C)(C)Cc1ccc(Oc2ccccc2)cc1.CC(C)(C)Cc1cccc(-c2ccccc2)c1.CC(C)(C)Cc1ccccc1-c1ccccc1.Cc1c(C(C)(C)C)n(C)n(-c2ccccc2)c1=O. The van der Waals surface area contributed by atoms with Crippen LogP contribution in [-0.2, 0) is 44.6 Å². The zero-order valence-corrected chi connectivity index (χ0v) is 84.4. The van der Waals surface area contributed by atoms with Gasteiger partial charge in [-0.05, 0) is 237 Å². The minimum Gasteiger partial charge on any atom is -0.457 e. The molecule has 684 valence electrons. The third-order valence-electron chi connectivity index (χ3n) is 22.0. The molecule has 1 heterocycles. The maximum Gasteiger partial charge on any atom is 0.274 e. The summed E-state index contributed by atoms with van der Waals surface area (Å²) < 4.78 is 9.46. The number of aromatic nitrogens is 2. The lowest BCUT2D eigenvalue weighted by atomic mass is 9.78. The molecule has 0 aliphatic heterocycles. The van der Waals surface area contributed by atoms with Crippen LogP contribution in [0.5, 0.6) is 11.5 Å². The maximum atomic E-state index is 12.4. The average molecular weight is 1720 g/mol. The maximum absolute atomic E-state index is 12.4. The summed E-state index contributed by atoms with van der Waals surface area (Å²) in [5.41, 5.74) is 25.0. The van der Waals surface area contributed by atoms with Gasteiger partial charge in [0.2, 0.25) is 0 Å². The molecule has 0 amide bonds. The van der Waals surface area contributed by atoms with E-state index in [4.69, 9.17) is 4.74 Å². The Labute approximate surface area is 784 Å². The summed E-state index contributed by atoms with van der Waals surface area (Å²) in [7, 11) is 1.95. The molecule has 0 spiro atoms. The van der Waals surface area contributed by atoms with Gasteiger partial charge in [0.15, 0.2) is 0 Å². The molecule has 4 heteroatoms. The number of allylic oxidation sites excluding steroid dienone is 2. The lowest BCUT2D eigenvalue weighted by Gasteiger charge is -2.27. The van der Waals surface area contributed by atoms with Crippen molar-refractivity contribution >= 4 is 0 Å². The van der Waals surface area contributed by atoms with Crippen LogP contribution < -0.4 is 10.3 Å². The van der Waals surface area contributed by atoms with Crippen LogP contribution in [0.2, 0.25) is 0 Å². The summed E-state index contributed by atoms with van der Waals surface area (Å²) in [6.07, 6.45) is 18.8. The Hall–Kier alpha value is -10.8. The Morgan fingerprint density at radius 3 is 1.13 bits per heavy atom. The van der Waals surface area contributed by atoms with E-state index in [1.807, 2.05) is 91.4 Å². The second-order valence-corrected chi connectivity index (χ2v) is 44.7. The van der Waals surface area contributed by atoms with Gasteiger partial charge >= 0.3 is 0 Å². The summed E-state index contributed by atoms with van der Waals surface area (Å²) in [6, 6.07) is 119. The number of rotatable bonds is 17. The molecule has 0 atom stereocenters. The number of ether oxygens (including phenoxy) is 1. The fraction of sp³-hybridized carbons (Fsp3) is 0.384. The van der Waals surface area contributed by atoms with Crippen LogP contribution >= 0.6 is 0 Å². The van der Waals surface area contributed by atoms with Crippen molar-refractivity contribution in [2.45, 2.75) is 268 Å². The lowest BCUT2D eigenvalue weighted by molar-refractivity contribution is 0.357. The Bertz CT molecular complexity index is 5310. The van der Waals surface area contributed by atoms with Gasteiger partial charge < -0.3 is 4.74 Å². The van der Waals surface area contributed by atoms with Crippen molar-refractivity contribution < 1.29 is 4.74 Å². The van der Waals surface area contributed by atoms with Gasteiger partial charge in [0.05, 0.1) is 5.69 Å². The summed E-state index contributed by atoms with van der Waals surface area (Å²) >= 11 is 0. The van der Waals surface area contributed by atoms with Crippen molar-refractivity contribution in [3.05, 3.63) is 412 Å². The van der Waals surface area contributed by atoms with Gasteiger partial charge in [-0.15, -0.1) is 0 Å². The first-order valence-electron chi connectivity index (χ1n) is 47.6. The van der Waals surface area contributed by atoms with Crippen LogP contribution in [0, 0.1) is 44.8 Å². The molecule has 0 fully saturated rings. The molecule has 0 saturated carbocycles. The highest BCUT2D eigenvalue weighted by molar-refractivity contribution is 5.68. The third-order valence-corrected chi connectivity index (χ3v) is 22.0. The molecule has 1 aliphatic rings. The predicted molar refractivity (Wildman–Crippen MR) is 564 cm³/mol. The number of hydrogen-bond acceptors (Lipinski definition) is 2. The molecule has 12 aromatic carbocycles. The summed E-state index contributed by atoms with van der Waals surface area (Å²) in [4.78, 5) is 12.4. The molecular weight excluding hydrogens is 1560 g/mol. The normalized spacial score (nSPS) is 12.3. The molecule has 0 radical (unpaired) electrons. The Morgan fingerprint density at radius 1 is 0.326 bits per heavy atom. The Kier molecular flexibility index (Phi) is 41.1. The van der Waals surface area contributed by atoms with E-state index in [0.29, 0.717) is 43.8 Å². The van der Waals surface area contributed by atoms with Crippen LogP contribution in [0.3, 0.4) is 0 Å². The van der Waals surface area contributed by atoms with Crippen molar-refractivity contribution in [1.29, 1.82) is 0 Å². The molecule has 14 rings (SSSR count). The highest BCUT2D eigenvalue weighted by atomic mass is 16.5. The Morgan fingerprint density at radius 2 is 0.698 bits per heavy atom. The van der Waals surface area contributed by atoms with Gasteiger partial charge in [0, 0.05) is 29.6 Å². The molecule has 0 bridgehead atoms. The van der Waals surface area contributed by atoms with Crippen molar-refractivity contribution in [3.8, 4) is 50.6 Å². The molecular formula is C125H162N2O2. The fourth-order valence-electron chi connectivity index (χ4n) is 16.1. The van der Waals surface area contributed by atoms with Crippen molar-refractivity contribution in [1.82, 2.24) is 9.36 Å². The second-order valence-electron chi connectivity index (χ2n) is 44.7. The Balaban J connectivity index is 0.000000203. The molecule has 0 N–H and O–H groups in total. The van der Waals surface area contributed by atoms with E-state index in [9.17, 15) is 4.79 Å². The van der Waals surface area contributed by atoms with E-state index in [0.717, 1.165) is 54.1 Å². The molecule has 4 nitrogen and oxygen atoms in total. The predicted octanol–water partition coefficient (Wildman–Crippen LogP) is 35.9. The number of benzene rings is 12. The molecule has 1 aliphatic carbocycles. The second kappa shape index (κ2) is 50.4. The molecule has 0 unspecified atom stereocenters. The summed E-state index contributed by atoms with van der Waals surface area (Å²) in [5.74, 6) is 2.26. The zero-order chi connectivity index (χ0) is 94.5. The van der Waals surface area contributed by atoms with E-state index in [1.54, 1.807) is 10.3 Å². The molecule has 129 heavy (non-hydrogen) atoms. The summed E-state index contributed by atoms with van der Waals surface area (Å²) in [6.45, 7) is 56.4. The van der Waals surface area contributed by atoms with Gasteiger partial charge in [-0.1, -0.05) is 481 Å². The van der Waals surface area contributed by atoms with Gasteiger partial charge in [-0.3, -0.25) is 9.48 Å². The van der Waals surface area contributed by atoms with E-state index >= 15 is 0 Å².